The molecular weight excluding hydrogens is 328 g/mol. The number of rotatable bonds is 1. The Kier molecular flexibility index (Phi) is 3.87. The third kappa shape index (κ3) is 2.63. The number of carboxylic acids is 1. The predicted octanol–water partition coefficient (Wildman–Crippen LogP) is 0.981. The van der Waals surface area contributed by atoms with Crippen LogP contribution in [0, 0.1) is 0 Å². The van der Waals surface area contributed by atoms with Crippen molar-refractivity contribution in [3.8, 4) is 0 Å². The summed E-state index contributed by atoms with van der Waals surface area (Å²) >= 11 is 0. The molecule has 2 spiro atoms. The van der Waals surface area contributed by atoms with Gasteiger partial charge in [0.2, 0.25) is 0 Å². The van der Waals surface area contributed by atoms with E-state index in [1.165, 1.54) is 6.42 Å². The van der Waals surface area contributed by atoms with Gasteiger partial charge in [0.1, 0.15) is 24.4 Å². The summed E-state index contributed by atoms with van der Waals surface area (Å²) in [6, 6.07) is 0. The molecule has 0 amide bonds. The first-order valence-electron chi connectivity index (χ1n) is 9.68. The Hall–Kier alpha value is -0.730. The molecular formula is C18H25O7-. The van der Waals surface area contributed by atoms with Crippen molar-refractivity contribution in [2.24, 2.45) is 0 Å². The number of hydrogen-bond acceptors (Lipinski definition) is 7. The number of fused-ring (bicyclic) bond motifs is 3. The van der Waals surface area contributed by atoms with E-state index in [-0.39, 0.29) is 0 Å². The fourth-order valence-electron chi connectivity index (χ4n) is 5.15. The first-order valence-corrected chi connectivity index (χ1v) is 9.68. The summed E-state index contributed by atoms with van der Waals surface area (Å²) < 4.78 is 30.6. The van der Waals surface area contributed by atoms with Crippen molar-refractivity contribution < 1.29 is 33.6 Å². The second-order valence-electron chi connectivity index (χ2n) is 8.05. The molecule has 5 atom stereocenters. The molecule has 0 radical (unpaired) electrons. The smallest absolute Gasteiger partial charge is 0.190 e. The first kappa shape index (κ1) is 16.4. The highest BCUT2D eigenvalue weighted by atomic mass is 16.9. The predicted molar refractivity (Wildman–Crippen MR) is 81.0 cm³/mol. The Balaban J connectivity index is 1.43. The van der Waals surface area contributed by atoms with Crippen LogP contribution in [0.5, 0.6) is 0 Å². The van der Waals surface area contributed by atoms with E-state index in [1.807, 2.05) is 0 Å². The van der Waals surface area contributed by atoms with Gasteiger partial charge < -0.3 is 33.6 Å². The average molecular weight is 353 g/mol. The van der Waals surface area contributed by atoms with E-state index in [0.29, 0.717) is 0 Å². The maximum Gasteiger partial charge on any atom is 0.190 e. The van der Waals surface area contributed by atoms with Gasteiger partial charge in [-0.1, -0.05) is 12.8 Å². The molecule has 5 fully saturated rings. The van der Waals surface area contributed by atoms with Crippen molar-refractivity contribution in [1.82, 2.24) is 0 Å². The van der Waals surface area contributed by atoms with Crippen LogP contribution in [0.3, 0.4) is 0 Å². The quantitative estimate of drug-likeness (QED) is 0.694. The van der Waals surface area contributed by atoms with Crippen LogP contribution in [-0.2, 0) is 28.5 Å². The van der Waals surface area contributed by atoms with Crippen molar-refractivity contribution in [3.05, 3.63) is 0 Å². The van der Waals surface area contributed by atoms with Crippen LogP contribution in [-0.4, -0.2) is 48.2 Å². The van der Waals surface area contributed by atoms with Gasteiger partial charge in [-0.05, 0) is 25.7 Å². The number of carbonyl (C=O) groups is 1. The van der Waals surface area contributed by atoms with Gasteiger partial charge in [-0.3, -0.25) is 0 Å². The van der Waals surface area contributed by atoms with Gasteiger partial charge >= 0.3 is 0 Å². The summed E-state index contributed by atoms with van der Waals surface area (Å²) in [4.78, 5) is 11.7. The van der Waals surface area contributed by atoms with Crippen molar-refractivity contribution in [1.29, 1.82) is 0 Å². The zero-order valence-electron chi connectivity index (χ0n) is 14.3. The van der Waals surface area contributed by atoms with E-state index in [2.05, 4.69) is 0 Å². The number of ether oxygens (including phenoxy) is 5. The number of aliphatic carboxylic acids is 1. The van der Waals surface area contributed by atoms with E-state index in [1.54, 1.807) is 0 Å². The summed E-state index contributed by atoms with van der Waals surface area (Å²) in [6.45, 7) is 0. The minimum absolute atomic E-state index is 0.444. The van der Waals surface area contributed by atoms with Crippen molar-refractivity contribution in [2.45, 2.75) is 106 Å². The number of carboxylic acid groups (broad SMARTS) is 1. The second kappa shape index (κ2) is 5.89. The molecule has 0 aromatic carbocycles. The fourth-order valence-corrected chi connectivity index (χ4v) is 5.15. The van der Waals surface area contributed by atoms with Crippen LogP contribution in [0.4, 0.5) is 0 Å². The zero-order valence-corrected chi connectivity index (χ0v) is 14.3. The molecule has 7 nitrogen and oxygen atoms in total. The Morgan fingerprint density at radius 3 is 1.84 bits per heavy atom. The maximum absolute atomic E-state index is 11.7. The summed E-state index contributed by atoms with van der Waals surface area (Å²) in [6.07, 6.45) is 6.07. The minimum Gasteiger partial charge on any atom is -0.547 e. The highest BCUT2D eigenvalue weighted by Gasteiger charge is 2.64. The van der Waals surface area contributed by atoms with E-state index in [0.717, 1.165) is 57.8 Å². The molecule has 3 aliphatic heterocycles. The molecule has 2 aliphatic carbocycles. The van der Waals surface area contributed by atoms with Crippen LogP contribution in [0.25, 0.3) is 0 Å². The molecule has 0 aromatic rings. The van der Waals surface area contributed by atoms with Crippen LogP contribution in [0.2, 0.25) is 0 Å². The Labute approximate surface area is 146 Å². The Morgan fingerprint density at radius 2 is 1.24 bits per heavy atom. The topological polar surface area (TPSA) is 86.3 Å². The monoisotopic (exact) mass is 353 g/mol. The SMILES string of the molecule is O=C([O-])[C@H]1O[C@@H]2OC3(CCCCC3)O[C@@H]2[C@H]2OC3(CCCCC3)O[C@H]21. The lowest BCUT2D eigenvalue weighted by atomic mass is 9.94. The number of carbonyl (C=O) groups excluding carboxylic acids is 1. The molecule has 7 heteroatoms. The Morgan fingerprint density at radius 1 is 0.720 bits per heavy atom. The molecule has 0 bridgehead atoms. The molecule has 3 saturated heterocycles. The molecule has 3 heterocycles. The third-order valence-corrected chi connectivity index (χ3v) is 6.34. The molecule has 0 unspecified atom stereocenters. The summed E-state index contributed by atoms with van der Waals surface area (Å²) in [5.41, 5.74) is 0. The van der Waals surface area contributed by atoms with Gasteiger partial charge in [0.25, 0.3) is 0 Å². The van der Waals surface area contributed by atoms with E-state index in [4.69, 9.17) is 23.7 Å². The standard InChI is InChI=1S/C18H26O7/c19-15(20)13-11-12(23-17(22-11)7-3-1-4-8-17)14-16(21-13)25-18(24-14)9-5-2-6-10-18/h11-14,16H,1-10H2,(H,19,20)/p-1/t11-,12+,13+,14-,16-/m1/s1. The highest BCUT2D eigenvalue weighted by molar-refractivity contribution is 5.71. The van der Waals surface area contributed by atoms with Gasteiger partial charge in [0.15, 0.2) is 17.9 Å². The lowest BCUT2D eigenvalue weighted by Crippen LogP contribution is -2.60. The van der Waals surface area contributed by atoms with Crippen LogP contribution >= 0.6 is 0 Å². The van der Waals surface area contributed by atoms with Crippen molar-refractivity contribution >= 4 is 5.97 Å². The molecule has 2 saturated carbocycles. The Bertz CT molecular complexity index is 538. The molecule has 0 N–H and O–H groups in total. The average Bonchev–Trinajstić information content (AvgIpc) is 3.13. The number of hydrogen-bond donors (Lipinski definition) is 0. The van der Waals surface area contributed by atoms with Crippen molar-refractivity contribution in [3.63, 3.8) is 0 Å². The first-order chi connectivity index (χ1) is 12.1. The van der Waals surface area contributed by atoms with E-state index < -0.39 is 48.2 Å². The van der Waals surface area contributed by atoms with Crippen molar-refractivity contribution in [2.75, 3.05) is 0 Å². The molecule has 140 valence electrons. The molecule has 5 rings (SSSR count). The van der Waals surface area contributed by atoms with Gasteiger partial charge in [-0.2, -0.15) is 0 Å². The minimum atomic E-state index is -1.28. The maximum atomic E-state index is 11.7. The van der Waals surface area contributed by atoms with Crippen LogP contribution in [0.15, 0.2) is 0 Å². The van der Waals surface area contributed by atoms with Gasteiger partial charge in [0.05, 0.1) is 5.97 Å². The van der Waals surface area contributed by atoms with Gasteiger partial charge in [-0.15, -0.1) is 0 Å². The highest BCUT2D eigenvalue weighted by Crippen LogP contribution is 2.50. The second-order valence-corrected chi connectivity index (χ2v) is 8.05. The molecule has 25 heavy (non-hydrogen) atoms. The molecule has 5 aliphatic rings. The largest absolute Gasteiger partial charge is 0.547 e. The summed E-state index contributed by atoms with van der Waals surface area (Å²) in [5, 5.41) is 11.7. The fraction of sp³-hybridized carbons (Fsp3) is 0.944. The van der Waals surface area contributed by atoms with E-state index in [9.17, 15) is 9.90 Å². The lowest BCUT2D eigenvalue weighted by molar-refractivity contribution is -0.335. The van der Waals surface area contributed by atoms with Crippen LogP contribution < -0.4 is 5.11 Å². The third-order valence-electron chi connectivity index (χ3n) is 6.34. The summed E-state index contributed by atoms with van der Waals surface area (Å²) in [5.74, 6) is -2.64. The normalized spacial score (nSPS) is 44.6. The lowest BCUT2D eigenvalue weighted by Gasteiger charge is -2.37. The van der Waals surface area contributed by atoms with E-state index >= 15 is 0 Å². The summed E-state index contributed by atoms with van der Waals surface area (Å²) in [7, 11) is 0. The van der Waals surface area contributed by atoms with Gasteiger partial charge in [-0.25, -0.2) is 0 Å². The van der Waals surface area contributed by atoms with Gasteiger partial charge in [0, 0.05) is 25.7 Å². The molecule has 0 aromatic heterocycles. The van der Waals surface area contributed by atoms with Crippen LogP contribution in [0.1, 0.15) is 64.2 Å². The zero-order chi connectivity index (χ0) is 17.1.